The number of nitrogens with zero attached hydrogens (tertiary/aromatic N) is 1. The number of benzene rings is 1. The van der Waals surface area contributed by atoms with E-state index in [1.54, 1.807) is 20.8 Å². The number of carbonyl (C=O) groups is 2. The molecule has 1 aromatic carbocycles. The van der Waals surface area contributed by atoms with Gasteiger partial charge in [-0.05, 0) is 26.3 Å². The fourth-order valence-corrected chi connectivity index (χ4v) is 2.17. The minimum atomic E-state index is -0.841. The predicted octanol–water partition coefficient (Wildman–Crippen LogP) is 1.87. The summed E-state index contributed by atoms with van der Waals surface area (Å²) in [5.74, 6) is -1.07. The van der Waals surface area contributed by atoms with Crippen molar-refractivity contribution in [3.63, 3.8) is 0 Å². The zero-order valence-corrected chi connectivity index (χ0v) is 16.1. The number of ether oxygens (including phenoxy) is 3. The molecule has 0 atom stereocenters. The average molecular weight is 392 g/mol. The van der Waals surface area contributed by atoms with E-state index in [-0.39, 0.29) is 23.5 Å². The number of methoxy groups -OCH3 is 1. The van der Waals surface area contributed by atoms with Crippen LogP contribution in [0.2, 0.25) is 0 Å². The van der Waals surface area contributed by atoms with E-state index in [0.717, 1.165) is 10.2 Å². The third kappa shape index (κ3) is 6.13. The first-order valence-corrected chi connectivity index (χ1v) is 8.22. The van der Waals surface area contributed by atoms with Gasteiger partial charge in [0, 0.05) is 12.3 Å². The second-order valence-electron chi connectivity index (χ2n) is 6.61. The van der Waals surface area contributed by atoms with Crippen LogP contribution in [0, 0.1) is 0 Å². The Balaban J connectivity index is 0.00000392. The number of hydrogen-bond acceptors (Lipinski definition) is 6. The summed E-state index contributed by atoms with van der Waals surface area (Å²) in [6.07, 6.45) is 0.429. The van der Waals surface area contributed by atoms with E-state index in [9.17, 15) is 14.4 Å². The third-order valence-corrected chi connectivity index (χ3v) is 3.27. The molecule has 0 fully saturated rings. The van der Waals surface area contributed by atoms with Gasteiger partial charge in [-0.15, -0.1) is 0 Å². The van der Waals surface area contributed by atoms with Crippen molar-refractivity contribution in [2.75, 3.05) is 12.5 Å². The predicted molar refractivity (Wildman–Crippen MR) is 102 cm³/mol. The second-order valence-corrected chi connectivity index (χ2v) is 6.61. The molecule has 0 radical (unpaired) electrons. The number of amides is 1. The Kier molecular flexibility index (Phi) is 7.75. The summed E-state index contributed by atoms with van der Waals surface area (Å²) < 4.78 is 16.5. The Labute approximate surface area is 162 Å². The maximum absolute atomic E-state index is 12.3. The highest BCUT2D eigenvalue weighted by atomic mass is 16.6. The lowest BCUT2D eigenvalue weighted by Crippen LogP contribution is -2.34. The minimum absolute atomic E-state index is 0. The molecule has 1 amide bonds. The van der Waals surface area contributed by atoms with Crippen molar-refractivity contribution in [1.82, 2.24) is 4.68 Å². The van der Waals surface area contributed by atoms with Crippen LogP contribution in [0.25, 0.3) is 0 Å². The van der Waals surface area contributed by atoms with Crippen molar-refractivity contribution >= 4 is 12.1 Å². The van der Waals surface area contributed by atoms with Crippen LogP contribution in [-0.4, -0.2) is 34.9 Å². The number of nitrogens with one attached hydrogen (secondary N) is 1. The van der Waals surface area contributed by atoms with E-state index in [1.165, 1.54) is 19.4 Å². The summed E-state index contributed by atoms with van der Waals surface area (Å²) in [5, 5.41) is 0. The summed E-state index contributed by atoms with van der Waals surface area (Å²) in [5.41, 5.74) is 1.69. The molecule has 2 aromatic rings. The van der Waals surface area contributed by atoms with Crippen LogP contribution in [0.1, 0.15) is 36.8 Å². The van der Waals surface area contributed by atoms with E-state index in [0.29, 0.717) is 0 Å². The number of carbonyl (C=O) groups excluding carboxylic acids is 2. The number of aromatic nitrogens is 1. The van der Waals surface area contributed by atoms with Crippen molar-refractivity contribution in [2.45, 2.75) is 33.0 Å². The second kappa shape index (κ2) is 9.56. The molecule has 0 aliphatic heterocycles. The Bertz CT molecular complexity index is 870. The van der Waals surface area contributed by atoms with Crippen molar-refractivity contribution < 1.29 is 29.3 Å². The van der Waals surface area contributed by atoms with Crippen LogP contribution in [0.5, 0.6) is 5.75 Å². The number of pyridine rings is 1. The number of rotatable bonds is 5. The monoisotopic (exact) mass is 392 g/mol. The molecule has 28 heavy (non-hydrogen) atoms. The number of hydrogen-bond donors (Lipinski definition) is 1. The van der Waals surface area contributed by atoms with E-state index in [2.05, 4.69) is 5.43 Å². The van der Waals surface area contributed by atoms with E-state index >= 15 is 0 Å². The quantitative estimate of drug-likeness (QED) is 0.774. The number of esters is 1. The van der Waals surface area contributed by atoms with Crippen molar-refractivity contribution in [2.24, 2.45) is 0 Å². The molecule has 3 N–H and O–H groups in total. The average Bonchev–Trinajstić information content (AvgIpc) is 2.60. The van der Waals surface area contributed by atoms with E-state index in [4.69, 9.17) is 14.2 Å². The normalized spacial score (nSPS) is 10.4. The standard InChI is InChI=1S/C19H22N2O6.H2O/c1-19(2,3)27-18(24)20-21-11-10-14(22)16(15(21)17(23)25-4)26-12-13-8-6-5-7-9-13;/h5-11H,12H2,1-4H3,(H,20,24);1H2. The maximum atomic E-state index is 12.3. The molecule has 0 bridgehead atoms. The Morgan fingerprint density at radius 2 is 1.75 bits per heavy atom. The highest BCUT2D eigenvalue weighted by Crippen LogP contribution is 2.16. The molecule has 9 heteroatoms. The van der Waals surface area contributed by atoms with Gasteiger partial charge in [-0.2, -0.15) is 0 Å². The van der Waals surface area contributed by atoms with Crippen molar-refractivity contribution in [3.05, 3.63) is 64.1 Å². The largest absolute Gasteiger partial charge is 0.482 e. The van der Waals surface area contributed by atoms with Gasteiger partial charge in [0.15, 0.2) is 11.4 Å². The van der Waals surface area contributed by atoms with Gasteiger partial charge in [0.1, 0.15) is 12.2 Å². The Hall–Kier alpha value is -3.33. The lowest BCUT2D eigenvalue weighted by molar-refractivity contribution is 0.0573. The van der Waals surface area contributed by atoms with Crippen molar-refractivity contribution in [1.29, 1.82) is 0 Å². The van der Waals surface area contributed by atoms with Gasteiger partial charge in [0.2, 0.25) is 5.43 Å². The molecule has 0 saturated heterocycles. The summed E-state index contributed by atoms with van der Waals surface area (Å²) in [6.45, 7) is 5.17. The summed E-state index contributed by atoms with van der Waals surface area (Å²) in [6, 6.07) is 10.3. The zero-order chi connectivity index (χ0) is 20.0. The molecule has 9 nitrogen and oxygen atoms in total. The van der Waals surface area contributed by atoms with Gasteiger partial charge >= 0.3 is 12.1 Å². The first kappa shape index (κ1) is 22.7. The van der Waals surface area contributed by atoms with Crippen molar-refractivity contribution in [3.8, 4) is 5.75 Å². The molecule has 2 rings (SSSR count). The first-order chi connectivity index (χ1) is 12.7. The fraction of sp³-hybridized carbons (Fsp3) is 0.316. The van der Waals surface area contributed by atoms with Gasteiger partial charge < -0.3 is 19.7 Å². The van der Waals surface area contributed by atoms with Crippen LogP contribution in [0.15, 0.2) is 47.4 Å². The highest BCUT2D eigenvalue weighted by molar-refractivity contribution is 5.91. The topological polar surface area (TPSA) is 127 Å². The van der Waals surface area contributed by atoms with Gasteiger partial charge in [-0.1, -0.05) is 30.3 Å². The van der Waals surface area contributed by atoms with Gasteiger partial charge in [-0.3, -0.25) is 4.79 Å². The highest BCUT2D eigenvalue weighted by Gasteiger charge is 2.24. The molecule has 152 valence electrons. The van der Waals surface area contributed by atoms with Crippen LogP contribution >= 0.6 is 0 Å². The summed E-state index contributed by atoms with van der Waals surface area (Å²) >= 11 is 0. The summed E-state index contributed by atoms with van der Waals surface area (Å²) in [4.78, 5) is 36.5. The molecular weight excluding hydrogens is 368 g/mol. The fourth-order valence-electron chi connectivity index (χ4n) is 2.17. The minimum Gasteiger partial charge on any atom is -0.482 e. The SMILES string of the molecule is COC(=O)c1c(OCc2ccccc2)c(=O)ccn1NC(=O)OC(C)(C)C.O. The molecular formula is C19H24N2O7. The molecule has 0 spiro atoms. The molecule has 0 aliphatic carbocycles. The van der Waals surface area contributed by atoms with E-state index < -0.39 is 23.1 Å². The molecule has 0 aliphatic rings. The molecule has 1 heterocycles. The van der Waals surface area contributed by atoms with Crippen LogP contribution in [0.4, 0.5) is 4.79 Å². The summed E-state index contributed by atoms with van der Waals surface area (Å²) in [7, 11) is 1.17. The lowest BCUT2D eigenvalue weighted by atomic mass is 10.2. The molecule has 0 saturated carbocycles. The van der Waals surface area contributed by atoms with Gasteiger partial charge in [0.05, 0.1) is 7.11 Å². The molecule has 1 aromatic heterocycles. The first-order valence-electron chi connectivity index (χ1n) is 8.22. The van der Waals surface area contributed by atoms with E-state index in [1.807, 2.05) is 30.3 Å². The van der Waals surface area contributed by atoms with Gasteiger partial charge in [0.25, 0.3) is 0 Å². The Morgan fingerprint density at radius 3 is 2.32 bits per heavy atom. The van der Waals surface area contributed by atoms with Crippen LogP contribution < -0.4 is 15.6 Å². The third-order valence-electron chi connectivity index (χ3n) is 3.27. The van der Waals surface area contributed by atoms with Crippen LogP contribution in [-0.2, 0) is 16.1 Å². The van der Waals surface area contributed by atoms with Gasteiger partial charge in [-0.25, -0.2) is 19.7 Å². The molecule has 0 unspecified atom stereocenters. The zero-order valence-electron chi connectivity index (χ0n) is 16.1. The lowest BCUT2D eigenvalue weighted by Gasteiger charge is -2.21. The Morgan fingerprint density at radius 1 is 1.11 bits per heavy atom. The smallest absolute Gasteiger partial charge is 0.426 e. The maximum Gasteiger partial charge on any atom is 0.426 e. The van der Waals surface area contributed by atoms with Crippen LogP contribution in [0.3, 0.4) is 0 Å².